The van der Waals surface area contributed by atoms with E-state index in [1.807, 2.05) is 19.9 Å². The van der Waals surface area contributed by atoms with E-state index < -0.39 is 7.60 Å². The molecule has 25 heavy (non-hydrogen) atoms. The molecular weight excluding hydrogens is 331 g/mol. The van der Waals surface area contributed by atoms with Gasteiger partial charge in [-0.25, -0.2) is 0 Å². The van der Waals surface area contributed by atoms with Gasteiger partial charge in [0, 0.05) is 5.82 Å². The van der Waals surface area contributed by atoms with E-state index in [9.17, 15) is 4.57 Å². The van der Waals surface area contributed by atoms with Crippen LogP contribution in [0.2, 0.25) is 0 Å². The zero-order valence-corrected chi connectivity index (χ0v) is 18.0. The van der Waals surface area contributed by atoms with E-state index in [0.717, 1.165) is 19.3 Å². The summed E-state index contributed by atoms with van der Waals surface area (Å²) < 4.78 is 23.3. The highest BCUT2D eigenvalue weighted by molar-refractivity contribution is 7.57. The van der Waals surface area contributed by atoms with E-state index in [-0.39, 0.29) is 5.41 Å². The van der Waals surface area contributed by atoms with Crippen LogP contribution in [0, 0.1) is 5.41 Å². The Morgan fingerprint density at radius 1 is 1.20 bits per heavy atom. The maximum Gasteiger partial charge on any atom is 0.354 e. The molecule has 0 amide bonds. The minimum atomic E-state index is -3.12. The van der Waals surface area contributed by atoms with Gasteiger partial charge in [0.15, 0.2) is 0 Å². The van der Waals surface area contributed by atoms with E-state index in [1.54, 1.807) is 17.0 Å². The fourth-order valence-corrected chi connectivity index (χ4v) is 4.91. The summed E-state index contributed by atoms with van der Waals surface area (Å²) in [7, 11) is -3.12. The normalized spacial score (nSPS) is 19.0. The van der Waals surface area contributed by atoms with Gasteiger partial charge in [-0.05, 0) is 58.3 Å². The first-order valence-corrected chi connectivity index (χ1v) is 11.3. The Kier molecular flexibility index (Phi) is 9.41. The molecule has 3 nitrogen and oxygen atoms in total. The molecule has 0 unspecified atom stereocenters. The van der Waals surface area contributed by atoms with Crippen molar-refractivity contribution in [2.24, 2.45) is 5.41 Å². The summed E-state index contributed by atoms with van der Waals surface area (Å²) >= 11 is 0. The minimum Gasteiger partial charge on any atom is -0.306 e. The topological polar surface area (TPSA) is 35.5 Å². The van der Waals surface area contributed by atoms with E-state index in [0.29, 0.717) is 13.2 Å². The Morgan fingerprint density at radius 2 is 1.84 bits per heavy atom. The Morgan fingerprint density at radius 3 is 2.36 bits per heavy atom. The standard InChI is InChI=1S/C21H37O3P/c1-7-11-19(15-17-25(22,23-8-2)24-9-3)13-14-20-18(4)12-10-16-21(20,5)6/h13,15,17H,7-12,14,16H2,1-6H3. The highest BCUT2D eigenvalue weighted by Gasteiger charge is 2.27. The average molecular weight is 368 g/mol. The van der Waals surface area contributed by atoms with Crippen molar-refractivity contribution in [3.63, 3.8) is 0 Å². The maximum atomic E-state index is 12.6. The van der Waals surface area contributed by atoms with Crippen molar-refractivity contribution in [2.75, 3.05) is 13.2 Å². The van der Waals surface area contributed by atoms with Gasteiger partial charge in [-0.3, -0.25) is 4.57 Å². The smallest absolute Gasteiger partial charge is 0.306 e. The Hall–Kier alpha value is -0.630. The van der Waals surface area contributed by atoms with Gasteiger partial charge in [0.2, 0.25) is 0 Å². The predicted octanol–water partition coefficient (Wildman–Crippen LogP) is 7.41. The Labute approximate surface area is 155 Å². The number of hydrogen-bond donors (Lipinski definition) is 0. The van der Waals surface area contributed by atoms with E-state index in [4.69, 9.17) is 9.05 Å². The fraction of sp³-hybridized carbons (Fsp3) is 0.714. The zero-order chi connectivity index (χ0) is 18.9. The summed E-state index contributed by atoms with van der Waals surface area (Å²) in [5, 5.41) is 0. The molecule has 0 heterocycles. The van der Waals surface area contributed by atoms with Crippen LogP contribution in [0.25, 0.3) is 0 Å². The molecule has 1 aliphatic carbocycles. The van der Waals surface area contributed by atoms with Crippen molar-refractivity contribution < 1.29 is 13.6 Å². The lowest BCUT2D eigenvalue weighted by atomic mass is 9.71. The molecule has 0 radical (unpaired) electrons. The Bertz CT molecular complexity index is 545. The first kappa shape index (κ1) is 22.4. The number of allylic oxidation sites excluding steroid dienone is 5. The van der Waals surface area contributed by atoms with Gasteiger partial charge in [-0.1, -0.05) is 56.1 Å². The van der Waals surface area contributed by atoms with Crippen LogP contribution in [0.4, 0.5) is 0 Å². The van der Waals surface area contributed by atoms with Crippen LogP contribution in [0.5, 0.6) is 0 Å². The third-order valence-corrected chi connectivity index (χ3v) is 6.63. The van der Waals surface area contributed by atoms with Crippen molar-refractivity contribution in [1.82, 2.24) is 0 Å². The van der Waals surface area contributed by atoms with Gasteiger partial charge in [-0.15, -0.1) is 0 Å². The van der Waals surface area contributed by atoms with Crippen molar-refractivity contribution in [3.8, 4) is 0 Å². The van der Waals surface area contributed by atoms with E-state index in [2.05, 4.69) is 33.8 Å². The highest BCUT2D eigenvalue weighted by Crippen LogP contribution is 2.50. The van der Waals surface area contributed by atoms with E-state index in [1.165, 1.54) is 24.8 Å². The van der Waals surface area contributed by atoms with Crippen molar-refractivity contribution in [1.29, 1.82) is 0 Å². The molecule has 0 saturated carbocycles. The average Bonchev–Trinajstić information content (AvgIpc) is 2.52. The summed E-state index contributed by atoms with van der Waals surface area (Å²) in [4.78, 5) is 0. The summed E-state index contributed by atoms with van der Waals surface area (Å²) in [6.07, 6.45) is 11.0. The minimum absolute atomic E-state index is 0.284. The summed E-state index contributed by atoms with van der Waals surface area (Å²) in [6, 6.07) is 0. The molecule has 1 rings (SSSR count). The zero-order valence-electron chi connectivity index (χ0n) is 17.1. The molecule has 0 N–H and O–H groups in total. The molecule has 0 spiro atoms. The monoisotopic (exact) mass is 368 g/mol. The fourth-order valence-electron chi connectivity index (χ4n) is 3.57. The molecule has 1 aliphatic rings. The molecule has 0 bridgehead atoms. The molecule has 144 valence electrons. The van der Waals surface area contributed by atoms with Gasteiger partial charge in [0.25, 0.3) is 0 Å². The largest absolute Gasteiger partial charge is 0.354 e. The van der Waals surface area contributed by atoms with Crippen LogP contribution < -0.4 is 0 Å². The van der Waals surface area contributed by atoms with Gasteiger partial charge < -0.3 is 9.05 Å². The molecule has 4 heteroatoms. The van der Waals surface area contributed by atoms with E-state index >= 15 is 0 Å². The molecule has 0 aliphatic heterocycles. The molecule has 0 aromatic rings. The third kappa shape index (κ3) is 7.25. The molecular formula is C21H37O3P. The number of hydrogen-bond acceptors (Lipinski definition) is 3. The molecule has 0 atom stereocenters. The van der Waals surface area contributed by atoms with Crippen molar-refractivity contribution >= 4 is 7.60 Å². The van der Waals surface area contributed by atoms with Gasteiger partial charge in [0.05, 0.1) is 13.2 Å². The summed E-state index contributed by atoms with van der Waals surface area (Å²) in [5.74, 6) is 1.63. The maximum absolute atomic E-state index is 12.6. The van der Waals surface area contributed by atoms with Crippen molar-refractivity contribution in [2.45, 2.75) is 80.1 Å². The molecule has 0 aromatic carbocycles. The second-order valence-electron chi connectivity index (χ2n) is 7.42. The number of rotatable bonds is 10. The van der Waals surface area contributed by atoms with Crippen LogP contribution in [0.1, 0.15) is 80.1 Å². The van der Waals surface area contributed by atoms with Crippen LogP contribution in [-0.4, -0.2) is 13.2 Å². The predicted molar refractivity (Wildman–Crippen MR) is 108 cm³/mol. The third-order valence-electron chi connectivity index (χ3n) is 4.88. The second-order valence-corrected chi connectivity index (χ2v) is 9.31. The van der Waals surface area contributed by atoms with Crippen LogP contribution >= 0.6 is 7.60 Å². The summed E-state index contributed by atoms with van der Waals surface area (Å²) in [6.45, 7) is 13.6. The Balaban J connectivity index is 2.97. The van der Waals surface area contributed by atoms with Crippen LogP contribution in [0.3, 0.4) is 0 Å². The SMILES string of the molecule is CCCC(C=CP(=O)(OCC)OCC)=CCC1=C(C)CCCC1(C)C. The van der Waals surface area contributed by atoms with Crippen LogP contribution in [-0.2, 0) is 13.6 Å². The lowest BCUT2D eigenvalue weighted by Crippen LogP contribution is -2.20. The van der Waals surface area contributed by atoms with Gasteiger partial charge in [-0.2, -0.15) is 0 Å². The lowest BCUT2D eigenvalue weighted by Gasteiger charge is -2.34. The molecule has 0 fully saturated rings. The molecule has 0 aromatic heterocycles. The summed E-state index contributed by atoms with van der Waals surface area (Å²) in [5.41, 5.74) is 4.61. The molecule has 0 saturated heterocycles. The van der Waals surface area contributed by atoms with Gasteiger partial charge in [0.1, 0.15) is 0 Å². The lowest BCUT2D eigenvalue weighted by molar-refractivity contribution is 0.229. The second kappa shape index (κ2) is 10.5. The van der Waals surface area contributed by atoms with Crippen LogP contribution in [0.15, 0.2) is 34.7 Å². The quantitative estimate of drug-likeness (QED) is 0.229. The highest BCUT2D eigenvalue weighted by atomic mass is 31.2. The van der Waals surface area contributed by atoms with Gasteiger partial charge >= 0.3 is 7.60 Å². The van der Waals surface area contributed by atoms with Crippen molar-refractivity contribution in [3.05, 3.63) is 34.7 Å². The first-order chi connectivity index (χ1) is 11.8. The first-order valence-electron chi connectivity index (χ1n) is 9.74.